The third kappa shape index (κ3) is 46.2. The van der Waals surface area contributed by atoms with Gasteiger partial charge in [0.1, 0.15) is 6.10 Å². The molecular formula is C57H105NO5. The summed E-state index contributed by atoms with van der Waals surface area (Å²) in [6.45, 7) is 6.38. The standard InChI is InChI=1S/C57H105NO5/c1-4-7-10-13-16-19-22-25-27-29-32-35-38-41-44-47-50-57(62)63-53(48-45-42-39-36-33-31-28-26-23-20-17-14-11-8-5-2)51-56(61)58-54(52-59)55(60)49-46-43-40-37-34-30-24-21-18-15-12-9-6-3/h7,10,16,19,25-28,53-55,59-60H,4-6,8-9,11-15,17-18,20-24,29-52H2,1-3H3,(H,58,61)/b10-7+,19-16+,27-25+,28-26+. The van der Waals surface area contributed by atoms with E-state index in [2.05, 4.69) is 74.7 Å². The monoisotopic (exact) mass is 884 g/mol. The average Bonchev–Trinajstić information content (AvgIpc) is 3.28. The van der Waals surface area contributed by atoms with Gasteiger partial charge in [-0.1, -0.05) is 230 Å². The van der Waals surface area contributed by atoms with Gasteiger partial charge in [0.15, 0.2) is 0 Å². The Morgan fingerprint density at radius 1 is 0.476 bits per heavy atom. The molecule has 6 heteroatoms. The van der Waals surface area contributed by atoms with Crippen molar-refractivity contribution in [3.63, 3.8) is 0 Å². The van der Waals surface area contributed by atoms with Gasteiger partial charge < -0.3 is 20.3 Å². The average molecular weight is 884 g/mol. The maximum Gasteiger partial charge on any atom is 0.306 e. The van der Waals surface area contributed by atoms with E-state index in [1.54, 1.807) is 0 Å². The molecule has 368 valence electrons. The van der Waals surface area contributed by atoms with Crippen molar-refractivity contribution in [2.24, 2.45) is 0 Å². The molecule has 3 unspecified atom stereocenters. The molecule has 1 amide bonds. The number of unbranched alkanes of at least 4 members (excludes halogenated alkanes) is 29. The van der Waals surface area contributed by atoms with Crippen molar-refractivity contribution in [2.75, 3.05) is 6.61 Å². The highest BCUT2D eigenvalue weighted by Crippen LogP contribution is 2.18. The molecule has 0 aliphatic carbocycles. The van der Waals surface area contributed by atoms with Gasteiger partial charge in [0.2, 0.25) is 5.91 Å². The summed E-state index contributed by atoms with van der Waals surface area (Å²) in [6, 6.07) is -0.706. The Balaban J connectivity index is 4.59. The van der Waals surface area contributed by atoms with Crippen LogP contribution in [0.3, 0.4) is 0 Å². The summed E-state index contributed by atoms with van der Waals surface area (Å²) in [5.41, 5.74) is 0. The van der Waals surface area contributed by atoms with E-state index in [0.29, 0.717) is 19.3 Å². The molecular weight excluding hydrogens is 779 g/mol. The lowest BCUT2D eigenvalue weighted by Crippen LogP contribution is -2.46. The lowest BCUT2D eigenvalue weighted by Gasteiger charge is -2.24. The Hall–Kier alpha value is -2.18. The maximum atomic E-state index is 13.2. The van der Waals surface area contributed by atoms with Crippen LogP contribution in [-0.4, -0.2) is 46.9 Å². The zero-order chi connectivity index (χ0) is 45.9. The first-order chi connectivity index (χ1) is 31.0. The van der Waals surface area contributed by atoms with E-state index in [0.717, 1.165) is 89.9 Å². The summed E-state index contributed by atoms with van der Waals surface area (Å²) in [6.07, 6.45) is 61.7. The number of carbonyl (C=O) groups is 2. The highest BCUT2D eigenvalue weighted by atomic mass is 16.5. The van der Waals surface area contributed by atoms with Crippen LogP contribution in [0.5, 0.6) is 0 Å². The summed E-state index contributed by atoms with van der Waals surface area (Å²) in [7, 11) is 0. The fourth-order valence-electron chi connectivity index (χ4n) is 8.26. The highest BCUT2D eigenvalue weighted by molar-refractivity contribution is 5.77. The van der Waals surface area contributed by atoms with Crippen LogP contribution in [0, 0.1) is 0 Å². The molecule has 0 radical (unpaired) electrons. The summed E-state index contributed by atoms with van der Waals surface area (Å²) in [5.74, 6) is -0.488. The van der Waals surface area contributed by atoms with Crippen molar-refractivity contribution in [3.8, 4) is 0 Å². The van der Waals surface area contributed by atoms with E-state index in [4.69, 9.17) is 4.74 Å². The molecule has 0 aromatic carbocycles. The first-order valence-corrected chi connectivity index (χ1v) is 27.4. The molecule has 0 aliphatic heterocycles. The minimum Gasteiger partial charge on any atom is -0.462 e. The van der Waals surface area contributed by atoms with E-state index >= 15 is 0 Å². The molecule has 0 heterocycles. The Labute approximate surface area is 391 Å². The number of esters is 1. The van der Waals surface area contributed by atoms with Crippen molar-refractivity contribution in [3.05, 3.63) is 48.6 Å². The van der Waals surface area contributed by atoms with Crippen molar-refractivity contribution in [1.29, 1.82) is 0 Å². The number of ether oxygens (including phenoxy) is 1. The molecule has 0 aromatic heterocycles. The number of rotatable bonds is 49. The number of nitrogens with one attached hydrogen (secondary N) is 1. The molecule has 3 N–H and O–H groups in total. The molecule has 0 rings (SSSR count). The number of hydrogen-bond acceptors (Lipinski definition) is 5. The van der Waals surface area contributed by atoms with Crippen LogP contribution in [0.1, 0.15) is 278 Å². The SMILES string of the molecule is CC/C=C/C/C=C/C/C=C/CCCCCCCCC(=O)OC(CCCCCCC/C=C/CCCCCCCC)CC(=O)NC(CO)C(O)CCCCCCCCCCCCCCC. The summed E-state index contributed by atoms with van der Waals surface area (Å²) in [5, 5.41) is 23.8. The Morgan fingerprint density at radius 2 is 0.857 bits per heavy atom. The quantitative estimate of drug-likeness (QED) is 0.0321. The number of amides is 1. The van der Waals surface area contributed by atoms with Gasteiger partial charge in [0.25, 0.3) is 0 Å². The van der Waals surface area contributed by atoms with Gasteiger partial charge in [-0.2, -0.15) is 0 Å². The van der Waals surface area contributed by atoms with Crippen LogP contribution < -0.4 is 5.32 Å². The van der Waals surface area contributed by atoms with Gasteiger partial charge in [-0.3, -0.25) is 9.59 Å². The normalized spacial score (nSPS) is 13.5. The second-order valence-corrected chi connectivity index (χ2v) is 18.6. The van der Waals surface area contributed by atoms with Gasteiger partial charge in [-0.15, -0.1) is 0 Å². The topological polar surface area (TPSA) is 95.9 Å². The van der Waals surface area contributed by atoms with E-state index in [1.165, 1.54) is 141 Å². The molecule has 3 atom stereocenters. The molecule has 0 aliphatic rings. The van der Waals surface area contributed by atoms with Crippen LogP contribution in [0.2, 0.25) is 0 Å². The smallest absolute Gasteiger partial charge is 0.306 e. The first-order valence-electron chi connectivity index (χ1n) is 27.4. The van der Waals surface area contributed by atoms with Crippen molar-refractivity contribution < 1.29 is 24.5 Å². The van der Waals surface area contributed by atoms with Gasteiger partial charge in [-0.25, -0.2) is 0 Å². The molecule has 0 bridgehead atoms. The van der Waals surface area contributed by atoms with Crippen LogP contribution >= 0.6 is 0 Å². The van der Waals surface area contributed by atoms with Gasteiger partial charge in [0, 0.05) is 6.42 Å². The van der Waals surface area contributed by atoms with Crippen LogP contribution in [0.15, 0.2) is 48.6 Å². The Bertz CT molecular complexity index is 1080. The molecule has 0 saturated heterocycles. The van der Waals surface area contributed by atoms with Crippen LogP contribution in [-0.2, 0) is 14.3 Å². The van der Waals surface area contributed by atoms with Gasteiger partial charge in [-0.05, 0) is 83.5 Å². The van der Waals surface area contributed by atoms with E-state index in [-0.39, 0.29) is 24.9 Å². The second-order valence-electron chi connectivity index (χ2n) is 18.6. The molecule has 0 spiro atoms. The first kappa shape index (κ1) is 60.8. The fourth-order valence-corrected chi connectivity index (χ4v) is 8.26. The predicted octanol–water partition coefficient (Wildman–Crippen LogP) is 16.6. The van der Waals surface area contributed by atoms with Crippen molar-refractivity contribution >= 4 is 11.9 Å². The number of carbonyl (C=O) groups excluding carboxylic acids is 2. The number of allylic oxidation sites excluding steroid dienone is 8. The predicted molar refractivity (Wildman–Crippen MR) is 273 cm³/mol. The zero-order valence-electron chi connectivity index (χ0n) is 42.0. The summed E-state index contributed by atoms with van der Waals surface area (Å²) >= 11 is 0. The van der Waals surface area contributed by atoms with E-state index < -0.39 is 18.2 Å². The van der Waals surface area contributed by atoms with E-state index in [9.17, 15) is 19.8 Å². The fraction of sp³-hybridized carbons (Fsp3) is 0.825. The third-order valence-corrected chi connectivity index (χ3v) is 12.4. The lowest BCUT2D eigenvalue weighted by molar-refractivity contribution is -0.151. The molecule has 0 aromatic rings. The largest absolute Gasteiger partial charge is 0.462 e. The summed E-state index contributed by atoms with van der Waals surface area (Å²) in [4.78, 5) is 26.2. The minimum absolute atomic E-state index is 0.0676. The lowest BCUT2D eigenvalue weighted by atomic mass is 10.0. The maximum absolute atomic E-state index is 13.2. The number of aliphatic hydroxyl groups excluding tert-OH is 2. The van der Waals surface area contributed by atoms with Crippen molar-refractivity contribution in [1.82, 2.24) is 5.32 Å². The molecule has 63 heavy (non-hydrogen) atoms. The highest BCUT2D eigenvalue weighted by Gasteiger charge is 2.24. The van der Waals surface area contributed by atoms with Gasteiger partial charge >= 0.3 is 5.97 Å². The Morgan fingerprint density at radius 3 is 1.32 bits per heavy atom. The van der Waals surface area contributed by atoms with Crippen LogP contribution in [0.4, 0.5) is 0 Å². The van der Waals surface area contributed by atoms with Crippen molar-refractivity contribution in [2.45, 2.75) is 296 Å². The second kappa shape index (κ2) is 50.8. The zero-order valence-corrected chi connectivity index (χ0v) is 42.0. The van der Waals surface area contributed by atoms with E-state index in [1.807, 2.05) is 0 Å². The Kier molecular flexibility index (Phi) is 49.1. The molecule has 0 saturated carbocycles. The van der Waals surface area contributed by atoms with Gasteiger partial charge in [0.05, 0.1) is 25.2 Å². The summed E-state index contributed by atoms with van der Waals surface area (Å²) < 4.78 is 5.94. The third-order valence-electron chi connectivity index (χ3n) is 12.4. The molecule has 0 fully saturated rings. The number of hydrogen-bond donors (Lipinski definition) is 3. The molecule has 6 nitrogen and oxygen atoms in total. The number of aliphatic hydroxyl groups is 2. The van der Waals surface area contributed by atoms with Crippen LogP contribution in [0.25, 0.3) is 0 Å². The minimum atomic E-state index is -0.792.